The molecule has 1 atom stereocenters. The van der Waals surface area contributed by atoms with E-state index >= 15 is 0 Å². The first kappa shape index (κ1) is 18.4. The van der Waals surface area contributed by atoms with Crippen LogP contribution < -0.4 is 4.90 Å². The summed E-state index contributed by atoms with van der Waals surface area (Å²) in [7, 11) is 2.08. The first-order valence-electron chi connectivity index (χ1n) is 8.79. The molecule has 1 aliphatic rings. The molecule has 1 fully saturated rings. The standard InChI is InChI=1S/C19H18F3N5O/c1-26-9-10-27(15(12-26)13-5-3-2-4-6-13)16-8-7-14(11-23-16)17-24-18(28-25-17)19(20,21)22/h2-8,11,15H,9-10,12H2,1H3. The van der Waals surface area contributed by atoms with Gasteiger partial charge in [0.25, 0.3) is 0 Å². The van der Waals surface area contributed by atoms with Crippen LogP contribution in [0.5, 0.6) is 0 Å². The third-order valence-electron chi connectivity index (χ3n) is 4.74. The van der Waals surface area contributed by atoms with E-state index < -0.39 is 12.1 Å². The van der Waals surface area contributed by atoms with Crippen LogP contribution in [-0.2, 0) is 6.18 Å². The van der Waals surface area contributed by atoms with E-state index in [-0.39, 0.29) is 11.9 Å². The third-order valence-corrected chi connectivity index (χ3v) is 4.74. The van der Waals surface area contributed by atoms with Gasteiger partial charge in [0.15, 0.2) is 0 Å². The number of piperazine rings is 1. The maximum atomic E-state index is 12.6. The van der Waals surface area contributed by atoms with Gasteiger partial charge >= 0.3 is 12.1 Å². The number of alkyl halides is 3. The van der Waals surface area contributed by atoms with E-state index in [2.05, 4.69) is 48.6 Å². The summed E-state index contributed by atoms with van der Waals surface area (Å²) in [5.74, 6) is -0.746. The van der Waals surface area contributed by atoms with Gasteiger partial charge in [-0.05, 0) is 24.7 Å². The molecule has 4 rings (SSSR count). The molecule has 6 nitrogen and oxygen atoms in total. The summed E-state index contributed by atoms with van der Waals surface area (Å²) in [6.07, 6.45) is -3.19. The summed E-state index contributed by atoms with van der Waals surface area (Å²) in [6.45, 7) is 2.54. The summed E-state index contributed by atoms with van der Waals surface area (Å²) >= 11 is 0. The van der Waals surface area contributed by atoms with Crippen LogP contribution in [0.3, 0.4) is 0 Å². The smallest absolute Gasteiger partial charge is 0.347 e. The molecule has 0 aliphatic carbocycles. The van der Waals surface area contributed by atoms with Crippen LogP contribution in [0.25, 0.3) is 11.4 Å². The van der Waals surface area contributed by atoms with Gasteiger partial charge in [-0.15, -0.1) is 0 Å². The Morgan fingerprint density at radius 2 is 1.86 bits per heavy atom. The SMILES string of the molecule is CN1CCN(c2ccc(-c3noc(C(F)(F)F)n3)cn2)C(c2ccccc2)C1. The Balaban J connectivity index is 1.59. The monoisotopic (exact) mass is 389 g/mol. The lowest BCUT2D eigenvalue weighted by Gasteiger charge is -2.41. The molecule has 0 spiro atoms. The zero-order chi connectivity index (χ0) is 19.7. The van der Waals surface area contributed by atoms with E-state index in [4.69, 9.17) is 0 Å². The van der Waals surface area contributed by atoms with Gasteiger partial charge < -0.3 is 14.3 Å². The van der Waals surface area contributed by atoms with Crippen LogP contribution in [0.1, 0.15) is 17.5 Å². The fourth-order valence-electron chi connectivity index (χ4n) is 3.30. The quantitative estimate of drug-likeness (QED) is 0.682. The van der Waals surface area contributed by atoms with E-state index in [9.17, 15) is 13.2 Å². The molecular weight excluding hydrogens is 371 g/mol. The Kier molecular flexibility index (Phi) is 4.76. The highest BCUT2D eigenvalue weighted by Gasteiger charge is 2.38. The summed E-state index contributed by atoms with van der Waals surface area (Å²) in [6, 6.07) is 13.7. The van der Waals surface area contributed by atoms with Crippen molar-refractivity contribution in [2.75, 3.05) is 31.6 Å². The molecule has 1 aromatic carbocycles. The van der Waals surface area contributed by atoms with E-state index in [1.807, 2.05) is 18.2 Å². The predicted molar refractivity (Wildman–Crippen MR) is 96.6 cm³/mol. The van der Waals surface area contributed by atoms with Crippen molar-refractivity contribution >= 4 is 5.82 Å². The van der Waals surface area contributed by atoms with Crippen LogP contribution in [0, 0.1) is 0 Å². The van der Waals surface area contributed by atoms with Crippen molar-refractivity contribution in [2.45, 2.75) is 12.2 Å². The van der Waals surface area contributed by atoms with Crippen LogP contribution in [0.4, 0.5) is 19.0 Å². The van der Waals surface area contributed by atoms with Crippen molar-refractivity contribution in [2.24, 2.45) is 0 Å². The molecule has 0 amide bonds. The number of hydrogen-bond donors (Lipinski definition) is 0. The molecule has 0 N–H and O–H groups in total. The first-order valence-corrected chi connectivity index (χ1v) is 8.79. The molecule has 0 radical (unpaired) electrons. The minimum atomic E-state index is -4.67. The van der Waals surface area contributed by atoms with Crippen molar-refractivity contribution in [3.8, 4) is 11.4 Å². The zero-order valence-electron chi connectivity index (χ0n) is 15.1. The van der Waals surface area contributed by atoms with Crippen molar-refractivity contribution in [1.29, 1.82) is 0 Å². The van der Waals surface area contributed by atoms with Gasteiger partial charge in [0.05, 0.1) is 6.04 Å². The Morgan fingerprint density at radius 1 is 1.07 bits per heavy atom. The normalized spacial score (nSPS) is 18.4. The molecule has 0 bridgehead atoms. The van der Waals surface area contributed by atoms with E-state index in [1.165, 1.54) is 11.8 Å². The van der Waals surface area contributed by atoms with E-state index in [0.29, 0.717) is 5.56 Å². The summed E-state index contributed by atoms with van der Waals surface area (Å²) < 4.78 is 42.2. The van der Waals surface area contributed by atoms with Gasteiger partial charge in [-0.2, -0.15) is 18.2 Å². The number of anilines is 1. The van der Waals surface area contributed by atoms with Gasteiger partial charge in [0.2, 0.25) is 5.82 Å². The number of hydrogen-bond acceptors (Lipinski definition) is 6. The molecule has 9 heteroatoms. The highest BCUT2D eigenvalue weighted by molar-refractivity contribution is 5.56. The number of aromatic nitrogens is 3. The van der Waals surface area contributed by atoms with Gasteiger partial charge in [0, 0.05) is 31.4 Å². The average Bonchev–Trinajstić information content (AvgIpc) is 3.20. The van der Waals surface area contributed by atoms with Crippen LogP contribution >= 0.6 is 0 Å². The molecular formula is C19H18F3N5O. The average molecular weight is 389 g/mol. The highest BCUT2D eigenvalue weighted by atomic mass is 19.4. The second-order valence-electron chi connectivity index (χ2n) is 6.71. The minimum absolute atomic E-state index is 0.135. The molecule has 1 aliphatic heterocycles. The molecule has 3 aromatic rings. The van der Waals surface area contributed by atoms with Crippen molar-refractivity contribution in [3.05, 3.63) is 60.1 Å². The van der Waals surface area contributed by atoms with Gasteiger partial charge in [-0.3, -0.25) is 0 Å². The molecule has 0 saturated carbocycles. The van der Waals surface area contributed by atoms with Crippen LogP contribution in [0.2, 0.25) is 0 Å². The second-order valence-corrected chi connectivity index (χ2v) is 6.71. The fourth-order valence-corrected chi connectivity index (χ4v) is 3.30. The van der Waals surface area contributed by atoms with E-state index in [1.54, 1.807) is 12.1 Å². The Labute approximate surface area is 159 Å². The second kappa shape index (κ2) is 7.23. The lowest BCUT2D eigenvalue weighted by Crippen LogP contribution is -2.47. The van der Waals surface area contributed by atoms with Gasteiger partial charge in [0.1, 0.15) is 5.82 Å². The molecule has 3 heterocycles. The molecule has 1 unspecified atom stereocenters. The molecule has 28 heavy (non-hydrogen) atoms. The van der Waals surface area contributed by atoms with Gasteiger partial charge in [-0.25, -0.2) is 4.98 Å². The van der Waals surface area contributed by atoms with Gasteiger partial charge in [-0.1, -0.05) is 35.5 Å². The van der Waals surface area contributed by atoms with Crippen molar-refractivity contribution in [1.82, 2.24) is 20.0 Å². The number of pyridine rings is 1. The first-order chi connectivity index (χ1) is 13.4. The predicted octanol–water partition coefficient (Wildman–Crippen LogP) is 3.64. The van der Waals surface area contributed by atoms with Crippen molar-refractivity contribution < 1.29 is 17.7 Å². The summed E-state index contributed by atoms with van der Waals surface area (Å²) in [5, 5.41) is 3.40. The number of halogens is 3. The highest BCUT2D eigenvalue weighted by Crippen LogP contribution is 2.31. The Hall–Kier alpha value is -2.94. The lowest BCUT2D eigenvalue weighted by molar-refractivity contribution is -0.159. The summed E-state index contributed by atoms with van der Waals surface area (Å²) in [5.41, 5.74) is 1.56. The van der Waals surface area contributed by atoms with E-state index in [0.717, 1.165) is 25.5 Å². The molecule has 2 aromatic heterocycles. The number of likely N-dealkylation sites (N-methyl/N-ethyl adjacent to an activating group) is 1. The van der Waals surface area contributed by atoms with Crippen LogP contribution in [0.15, 0.2) is 53.2 Å². The Bertz CT molecular complexity index is 927. The number of rotatable bonds is 3. The summed E-state index contributed by atoms with van der Waals surface area (Å²) in [4.78, 5) is 12.3. The Morgan fingerprint density at radius 3 is 2.50 bits per heavy atom. The minimum Gasteiger partial charge on any atom is -0.347 e. The lowest BCUT2D eigenvalue weighted by atomic mass is 10.0. The fraction of sp³-hybridized carbons (Fsp3) is 0.316. The number of benzene rings is 1. The molecule has 146 valence electrons. The topological polar surface area (TPSA) is 58.3 Å². The van der Waals surface area contributed by atoms with Crippen molar-refractivity contribution in [3.63, 3.8) is 0 Å². The number of nitrogens with zero attached hydrogens (tertiary/aromatic N) is 5. The zero-order valence-corrected chi connectivity index (χ0v) is 15.1. The van der Waals surface area contributed by atoms with Crippen LogP contribution in [-0.4, -0.2) is 46.7 Å². The third kappa shape index (κ3) is 3.70. The molecule has 1 saturated heterocycles. The maximum absolute atomic E-state index is 12.6. The largest absolute Gasteiger partial charge is 0.471 e. The maximum Gasteiger partial charge on any atom is 0.471 e.